The molecule has 0 amide bonds. The summed E-state index contributed by atoms with van der Waals surface area (Å²) in [7, 11) is 3.14. The second kappa shape index (κ2) is 7.17. The van der Waals surface area contributed by atoms with Gasteiger partial charge in [-0.2, -0.15) is 0 Å². The third kappa shape index (κ3) is 3.04. The second-order valence-corrected chi connectivity index (χ2v) is 6.06. The summed E-state index contributed by atoms with van der Waals surface area (Å²) >= 11 is 0. The van der Waals surface area contributed by atoms with Gasteiger partial charge in [0.1, 0.15) is 5.58 Å². The average Bonchev–Trinajstić information content (AvgIpc) is 2.65. The molecule has 0 spiro atoms. The van der Waals surface area contributed by atoms with Crippen molar-refractivity contribution in [3.63, 3.8) is 0 Å². The molecule has 3 rings (SSSR count). The summed E-state index contributed by atoms with van der Waals surface area (Å²) < 4.78 is 16.8. The number of hydrogen-bond acceptors (Lipinski definition) is 5. The van der Waals surface area contributed by atoms with E-state index in [1.54, 1.807) is 13.2 Å². The number of carboxylic acids is 1. The molecule has 1 unspecified atom stereocenters. The van der Waals surface area contributed by atoms with Crippen molar-refractivity contribution in [3.8, 4) is 5.75 Å². The molecule has 1 heterocycles. The highest BCUT2D eigenvalue weighted by molar-refractivity contribution is 5.97. The van der Waals surface area contributed by atoms with Gasteiger partial charge in [0.05, 0.1) is 29.5 Å². The van der Waals surface area contributed by atoms with Crippen molar-refractivity contribution in [2.75, 3.05) is 14.2 Å². The molecule has 6 nitrogen and oxygen atoms in total. The molecule has 0 fully saturated rings. The summed E-state index contributed by atoms with van der Waals surface area (Å²) in [6, 6.07) is 7.78. The topological polar surface area (TPSA) is 86.0 Å². The van der Waals surface area contributed by atoms with Crippen LogP contribution in [0.2, 0.25) is 0 Å². The smallest absolute Gasteiger partial charge is 0.335 e. The Morgan fingerprint density at radius 2 is 1.96 bits per heavy atom. The number of rotatable bonds is 6. The normalized spacial score (nSPS) is 12.4. The van der Waals surface area contributed by atoms with Crippen LogP contribution >= 0.6 is 0 Å². The van der Waals surface area contributed by atoms with Crippen LogP contribution in [-0.2, 0) is 4.74 Å². The van der Waals surface area contributed by atoms with Gasteiger partial charge >= 0.3 is 5.97 Å². The zero-order chi connectivity index (χ0) is 18.8. The van der Waals surface area contributed by atoms with Crippen LogP contribution in [0.15, 0.2) is 39.5 Å². The van der Waals surface area contributed by atoms with Gasteiger partial charge in [0, 0.05) is 7.11 Å². The SMILES string of the molecule is CCCC(OC)c1cc(OC)c2oc3ccc(C(=O)O)cc3c(=O)c2c1. The zero-order valence-electron chi connectivity index (χ0n) is 14.9. The molecule has 0 bridgehead atoms. The van der Waals surface area contributed by atoms with E-state index in [1.807, 2.05) is 6.07 Å². The fourth-order valence-electron chi connectivity index (χ4n) is 3.10. The van der Waals surface area contributed by atoms with E-state index in [-0.39, 0.29) is 22.5 Å². The molecule has 0 saturated carbocycles. The summed E-state index contributed by atoms with van der Waals surface area (Å²) in [5.74, 6) is -0.655. The third-order valence-electron chi connectivity index (χ3n) is 4.43. The fourth-order valence-corrected chi connectivity index (χ4v) is 3.10. The van der Waals surface area contributed by atoms with Crippen molar-refractivity contribution in [3.05, 3.63) is 51.7 Å². The number of carbonyl (C=O) groups is 1. The van der Waals surface area contributed by atoms with Crippen LogP contribution in [-0.4, -0.2) is 25.3 Å². The predicted molar refractivity (Wildman–Crippen MR) is 98.2 cm³/mol. The molecule has 1 N–H and O–H groups in total. The van der Waals surface area contributed by atoms with Gasteiger partial charge in [0.15, 0.2) is 11.3 Å². The average molecular weight is 356 g/mol. The number of methoxy groups -OCH3 is 2. The van der Waals surface area contributed by atoms with Crippen LogP contribution in [0.1, 0.15) is 41.8 Å². The quantitative estimate of drug-likeness (QED) is 0.668. The molecule has 0 aliphatic heterocycles. The largest absolute Gasteiger partial charge is 0.493 e. The lowest BCUT2D eigenvalue weighted by Gasteiger charge is -2.17. The third-order valence-corrected chi connectivity index (χ3v) is 4.43. The summed E-state index contributed by atoms with van der Waals surface area (Å²) in [5, 5.41) is 9.73. The number of carboxylic acid groups (broad SMARTS) is 1. The van der Waals surface area contributed by atoms with Crippen molar-refractivity contribution in [1.29, 1.82) is 0 Å². The van der Waals surface area contributed by atoms with E-state index in [2.05, 4.69) is 6.92 Å². The maximum absolute atomic E-state index is 13.0. The Hall–Kier alpha value is -2.86. The molecule has 0 aliphatic rings. The first kappa shape index (κ1) is 17.9. The first-order valence-corrected chi connectivity index (χ1v) is 8.34. The molecule has 0 radical (unpaired) electrons. The van der Waals surface area contributed by atoms with E-state index in [0.29, 0.717) is 22.3 Å². The number of aromatic carboxylic acids is 1. The van der Waals surface area contributed by atoms with E-state index in [4.69, 9.17) is 19.0 Å². The number of hydrogen-bond donors (Lipinski definition) is 1. The van der Waals surface area contributed by atoms with Gasteiger partial charge in [-0.1, -0.05) is 13.3 Å². The van der Waals surface area contributed by atoms with E-state index >= 15 is 0 Å². The summed E-state index contributed by atoms with van der Waals surface area (Å²) in [6.07, 6.45) is 1.55. The van der Waals surface area contributed by atoms with Crippen molar-refractivity contribution in [2.45, 2.75) is 25.9 Å². The molecule has 2 aromatic carbocycles. The molecule has 1 aromatic heterocycles. The first-order valence-electron chi connectivity index (χ1n) is 8.34. The molecule has 0 aliphatic carbocycles. The lowest BCUT2D eigenvalue weighted by molar-refractivity contribution is 0.0697. The van der Waals surface area contributed by atoms with E-state index in [9.17, 15) is 9.59 Å². The minimum absolute atomic E-state index is 0.0352. The Kier molecular flexibility index (Phi) is 4.95. The predicted octanol–water partition coefficient (Wildman–Crippen LogP) is 4.14. The number of ether oxygens (including phenoxy) is 2. The van der Waals surface area contributed by atoms with Crippen LogP contribution < -0.4 is 10.2 Å². The molecular formula is C20H20O6. The Morgan fingerprint density at radius 1 is 1.19 bits per heavy atom. The molecule has 6 heteroatoms. The van der Waals surface area contributed by atoms with Crippen molar-refractivity contribution in [2.24, 2.45) is 0 Å². The van der Waals surface area contributed by atoms with Gasteiger partial charge in [0.2, 0.25) is 5.43 Å². The Labute approximate surface area is 149 Å². The van der Waals surface area contributed by atoms with Gasteiger partial charge < -0.3 is 19.0 Å². The lowest BCUT2D eigenvalue weighted by atomic mass is 10.0. The van der Waals surface area contributed by atoms with E-state index in [0.717, 1.165) is 18.4 Å². The Morgan fingerprint density at radius 3 is 2.58 bits per heavy atom. The van der Waals surface area contributed by atoms with E-state index < -0.39 is 5.97 Å². The van der Waals surface area contributed by atoms with Crippen LogP contribution in [0.4, 0.5) is 0 Å². The Bertz CT molecular complexity index is 1030. The molecular weight excluding hydrogens is 336 g/mol. The second-order valence-electron chi connectivity index (χ2n) is 6.06. The maximum Gasteiger partial charge on any atom is 0.335 e. The summed E-state index contributed by atoms with van der Waals surface area (Å²) in [4.78, 5) is 24.2. The maximum atomic E-state index is 13.0. The van der Waals surface area contributed by atoms with Crippen LogP contribution in [0.5, 0.6) is 5.75 Å². The molecule has 26 heavy (non-hydrogen) atoms. The van der Waals surface area contributed by atoms with Gasteiger partial charge in [-0.05, 0) is 42.3 Å². The van der Waals surface area contributed by atoms with Gasteiger partial charge in [-0.15, -0.1) is 0 Å². The van der Waals surface area contributed by atoms with Crippen LogP contribution in [0.25, 0.3) is 21.9 Å². The zero-order valence-corrected chi connectivity index (χ0v) is 14.9. The van der Waals surface area contributed by atoms with Crippen LogP contribution in [0.3, 0.4) is 0 Å². The van der Waals surface area contributed by atoms with Crippen molar-refractivity contribution in [1.82, 2.24) is 0 Å². The Balaban J connectivity index is 2.34. The van der Waals surface area contributed by atoms with Crippen molar-refractivity contribution >= 4 is 27.9 Å². The molecule has 3 aromatic rings. The minimum Gasteiger partial charge on any atom is -0.493 e. The van der Waals surface area contributed by atoms with E-state index in [1.165, 1.54) is 25.3 Å². The molecule has 1 atom stereocenters. The van der Waals surface area contributed by atoms with Crippen molar-refractivity contribution < 1.29 is 23.8 Å². The van der Waals surface area contributed by atoms with Crippen LogP contribution in [0, 0.1) is 0 Å². The fraction of sp³-hybridized carbons (Fsp3) is 0.300. The van der Waals surface area contributed by atoms with Gasteiger partial charge in [-0.3, -0.25) is 4.79 Å². The van der Waals surface area contributed by atoms with Gasteiger partial charge in [0.25, 0.3) is 0 Å². The highest BCUT2D eigenvalue weighted by Crippen LogP contribution is 2.33. The molecule has 0 saturated heterocycles. The number of benzene rings is 2. The number of fused-ring (bicyclic) bond motifs is 2. The monoisotopic (exact) mass is 356 g/mol. The lowest BCUT2D eigenvalue weighted by Crippen LogP contribution is -2.08. The first-order chi connectivity index (χ1) is 12.5. The highest BCUT2D eigenvalue weighted by atomic mass is 16.5. The summed E-state index contributed by atoms with van der Waals surface area (Å²) in [6.45, 7) is 2.06. The summed E-state index contributed by atoms with van der Waals surface area (Å²) in [5.41, 5.74) is 1.21. The van der Waals surface area contributed by atoms with Gasteiger partial charge in [-0.25, -0.2) is 4.79 Å². The molecule has 136 valence electrons. The highest BCUT2D eigenvalue weighted by Gasteiger charge is 2.18. The minimum atomic E-state index is -1.10. The standard InChI is InChI=1S/C20H20O6/c1-4-5-15(24-2)12-9-14-18(21)13-8-11(20(22)23)6-7-16(13)26-19(14)17(10-12)25-3/h6-10,15H,4-5H2,1-3H3,(H,22,23).